The molecule has 1 aromatic rings. The van der Waals surface area contributed by atoms with Gasteiger partial charge in [-0.3, -0.25) is 14.5 Å². The zero-order valence-corrected chi connectivity index (χ0v) is 12.1. The van der Waals surface area contributed by atoms with Crippen molar-refractivity contribution in [1.29, 1.82) is 0 Å². The Kier molecular flexibility index (Phi) is 4.10. The van der Waals surface area contributed by atoms with Crippen molar-refractivity contribution >= 4 is 11.8 Å². The number of amides is 2. The molecule has 0 unspecified atom stereocenters. The molecule has 0 bridgehead atoms. The zero-order valence-electron chi connectivity index (χ0n) is 12.1. The van der Waals surface area contributed by atoms with Crippen LogP contribution in [0.1, 0.15) is 31.4 Å². The number of nitrogens with two attached hydrogens (primary N) is 1. The van der Waals surface area contributed by atoms with Crippen LogP contribution in [0.3, 0.4) is 0 Å². The van der Waals surface area contributed by atoms with Gasteiger partial charge in [-0.25, -0.2) is 4.39 Å². The highest BCUT2D eigenvalue weighted by Gasteiger charge is 2.44. The highest BCUT2D eigenvalue weighted by Crippen LogP contribution is 2.32. The number of hydrogen-bond donors (Lipinski definition) is 1. The molecular weight excluding hydrogens is 271 g/mol. The largest absolute Gasteiger partial charge is 0.320 e. The molecule has 0 spiro atoms. The van der Waals surface area contributed by atoms with Gasteiger partial charge in [0, 0.05) is 17.5 Å². The molecular formula is C16H17FN2O2. The molecule has 1 heterocycles. The topological polar surface area (TPSA) is 63.4 Å². The van der Waals surface area contributed by atoms with E-state index in [1.165, 1.54) is 6.07 Å². The Morgan fingerprint density at radius 2 is 2.10 bits per heavy atom. The van der Waals surface area contributed by atoms with Gasteiger partial charge in [0.1, 0.15) is 5.82 Å². The van der Waals surface area contributed by atoms with E-state index in [-0.39, 0.29) is 36.9 Å². The average molecular weight is 288 g/mol. The van der Waals surface area contributed by atoms with Gasteiger partial charge in [-0.2, -0.15) is 0 Å². The van der Waals surface area contributed by atoms with Gasteiger partial charge in [-0.1, -0.05) is 25.7 Å². The summed E-state index contributed by atoms with van der Waals surface area (Å²) < 4.78 is 13.9. The van der Waals surface area contributed by atoms with Gasteiger partial charge in [-0.05, 0) is 18.2 Å². The molecule has 1 saturated heterocycles. The first-order chi connectivity index (χ1) is 9.85. The molecule has 2 rings (SSSR count). The third-order valence-electron chi connectivity index (χ3n) is 3.43. The first kappa shape index (κ1) is 15.2. The van der Waals surface area contributed by atoms with E-state index in [0.717, 1.165) is 4.90 Å². The van der Waals surface area contributed by atoms with Crippen molar-refractivity contribution < 1.29 is 14.0 Å². The number of carbonyl (C=O) groups excluding carboxylic acids is 2. The van der Waals surface area contributed by atoms with Crippen LogP contribution < -0.4 is 5.73 Å². The minimum absolute atomic E-state index is 0.0644. The van der Waals surface area contributed by atoms with E-state index in [0.29, 0.717) is 5.56 Å². The number of benzene rings is 1. The summed E-state index contributed by atoms with van der Waals surface area (Å²) in [5.41, 5.74) is 5.46. The van der Waals surface area contributed by atoms with Crippen molar-refractivity contribution in [3.63, 3.8) is 0 Å². The maximum Gasteiger partial charge on any atom is 0.235 e. The van der Waals surface area contributed by atoms with Crippen LogP contribution in [0.2, 0.25) is 0 Å². The number of halogens is 1. The highest BCUT2D eigenvalue weighted by atomic mass is 19.1. The predicted octanol–water partition coefficient (Wildman–Crippen LogP) is 1.42. The molecule has 21 heavy (non-hydrogen) atoms. The van der Waals surface area contributed by atoms with Crippen LogP contribution in [-0.4, -0.2) is 23.3 Å². The van der Waals surface area contributed by atoms with Gasteiger partial charge in [-0.15, -0.1) is 0 Å². The average Bonchev–Trinajstić information content (AvgIpc) is 2.61. The van der Waals surface area contributed by atoms with Crippen molar-refractivity contribution in [2.45, 2.75) is 26.8 Å². The monoisotopic (exact) mass is 288 g/mol. The van der Waals surface area contributed by atoms with Crippen LogP contribution in [0.15, 0.2) is 18.2 Å². The van der Waals surface area contributed by atoms with Crippen molar-refractivity contribution in [2.24, 2.45) is 11.1 Å². The number of likely N-dealkylation sites (tertiary alicyclic amines) is 1. The summed E-state index contributed by atoms with van der Waals surface area (Å²) >= 11 is 0. The van der Waals surface area contributed by atoms with E-state index < -0.39 is 11.2 Å². The second-order valence-corrected chi connectivity index (χ2v) is 5.66. The smallest absolute Gasteiger partial charge is 0.235 e. The van der Waals surface area contributed by atoms with Crippen molar-refractivity contribution in [3.05, 3.63) is 35.1 Å². The normalized spacial score (nSPS) is 16.9. The lowest BCUT2D eigenvalue weighted by molar-refractivity contribution is -0.141. The molecule has 0 atom stereocenters. The maximum atomic E-state index is 13.9. The molecule has 4 nitrogen and oxygen atoms in total. The molecule has 0 aliphatic carbocycles. The lowest BCUT2D eigenvalue weighted by Crippen LogP contribution is -2.32. The molecule has 1 aromatic carbocycles. The zero-order chi connectivity index (χ0) is 15.6. The fourth-order valence-corrected chi connectivity index (χ4v) is 2.28. The molecule has 0 radical (unpaired) electrons. The summed E-state index contributed by atoms with van der Waals surface area (Å²) in [6, 6.07) is 4.37. The van der Waals surface area contributed by atoms with Crippen LogP contribution in [0.25, 0.3) is 0 Å². The van der Waals surface area contributed by atoms with Gasteiger partial charge in [0.2, 0.25) is 11.8 Å². The Morgan fingerprint density at radius 1 is 1.38 bits per heavy atom. The molecule has 0 saturated carbocycles. The molecule has 2 amide bonds. The summed E-state index contributed by atoms with van der Waals surface area (Å²) in [6.07, 6.45) is 0.153. The Balaban J connectivity index is 2.27. The molecule has 2 N–H and O–H groups in total. The fraction of sp³-hybridized carbons (Fsp3) is 0.375. The summed E-state index contributed by atoms with van der Waals surface area (Å²) in [6.45, 7) is 3.58. The third-order valence-corrected chi connectivity index (χ3v) is 3.43. The van der Waals surface area contributed by atoms with E-state index in [9.17, 15) is 14.0 Å². The predicted molar refractivity (Wildman–Crippen MR) is 76.3 cm³/mol. The standard InChI is InChI=1S/C16H17FN2O2/c1-16(2)9-14(20)19(15(16)21)10-12-8-11(4-3-7-18)5-6-13(12)17/h5-6,8H,7,9-10,18H2,1-2H3. The van der Waals surface area contributed by atoms with Crippen LogP contribution in [0.4, 0.5) is 4.39 Å². The van der Waals surface area contributed by atoms with Crippen LogP contribution >= 0.6 is 0 Å². The Morgan fingerprint density at radius 3 is 2.67 bits per heavy atom. The van der Waals surface area contributed by atoms with E-state index >= 15 is 0 Å². The van der Waals surface area contributed by atoms with Gasteiger partial charge in [0.05, 0.1) is 18.5 Å². The van der Waals surface area contributed by atoms with Gasteiger partial charge < -0.3 is 5.73 Å². The van der Waals surface area contributed by atoms with Crippen molar-refractivity contribution in [3.8, 4) is 11.8 Å². The van der Waals surface area contributed by atoms with Gasteiger partial charge in [0.15, 0.2) is 0 Å². The van der Waals surface area contributed by atoms with Gasteiger partial charge in [0.25, 0.3) is 0 Å². The summed E-state index contributed by atoms with van der Waals surface area (Å²) in [5.74, 6) is 4.48. The number of hydrogen-bond acceptors (Lipinski definition) is 3. The van der Waals surface area contributed by atoms with E-state index in [2.05, 4.69) is 11.8 Å². The number of carbonyl (C=O) groups is 2. The minimum atomic E-state index is -0.718. The second kappa shape index (κ2) is 5.66. The first-order valence-electron chi connectivity index (χ1n) is 6.67. The molecule has 1 aliphatic heterocycles. The lowest BCUT2D eigenvalue weighted by atomic mass is 9.92. The number of nitrogens with zero attached hydrogens (tertiary/aromatic N) is 1. The highest BCUT2D eigenvalue weighted by molar-refractivity contribution is 6.05. The fourth-order valence-electron chi connectivity index (χ4n) is 2.28. The maximum absolute atomic E-state index is 13.9. The Hall–Kier alpha value is -2.19. The molecule has 1 aliphatic rings. The summed E-state index contributed by atoms with van der Waals surface area (Å²) in [4.78, 5) is 25.2. The Bertz CT molecular complexity index is 656. The number of rotatable bonds is 2. The molecule has 1 fully saturated rings. The molecule has 0 aromatic heterocycles. The van der Waals surface area contributed by atoms with Crippen molar-refractivity contribution in [1.82, 2.24) is 4.90 Å². The van der Waals surface area contributed by atoms with Crippen LogP contribution in [0, 0.1) is 23.1 Å². The first-order valence-corrected chi connectivity index (χ1v) is 6.67. The summed E-state index contributed by atoms with van der Waals surface area (Å²) in [7, 11) is 0. The molecule has 5 heteroatoms. The minimum Gasteiger partial charge on any atom is -0.320 e. The van der Waals surface area contributed by atoms with Crippen LogP contribution in [0.5, 0.6) is 0 Å². The number of imide groups is 1. The van der Waals surface area contributed by atoms with Gasteiger partial charge >= 0.3 is 0 Å². The van der Waals surface area contributed by atoms with Crippen LogP contribution in [-0.2, 0) is 16.1 Å². The Labute approximate surface area is 123 Å². The SMILES string of the molecule is CC1(C)CC(=O)N(Cc2cc(C#CCN)ccc2F)C1=O. The third kappa shape index (κ3) is 3.11. The van der Waals surface area contributed by atoms with E-state index in [1.54, 1.807) is 26.0 Å². The second-order valence-electron chi connectivity index (χ2n) is 5.66. The van der Waals surface area contributed by atoms with E-state index in [4.69, 9.17) is 5.73 Å². The van der Waals surface area contributed by atoms with Crippen molar-refractivity contribution in [2.75, 3.05) is 6.54 Å². The van der Waals surface area contributed by atoms with E-state index in [1.807, 2.05) is 0 Å². The molecule has 110 valence electrons. The lowest BCUT2D eigenvalue weighted by Gasteiger charge is -2.18. The summed E-state index contributed by atoms with van der Waals surface area (Å²) in [5, 5.41) is 0. The quantitative estimate of drug-likeness (QED) is 0.661.